The maximum atomic E-state index is 5.53. The van der Waals surface area contributed by atoms with E-state index in [2.05, 4.69) is 0 Å². The Morgan fingerprint density at radius 3 is 2.90 bits per heavy atom. The van der Waals surface area contributed by atoms with E-state index in [0.717, 1.165) is 31.0 Å². The maximum Gasteiger partial charge on any atom is 0.160 e. The Kier molecular flexibility index (Phi) is 0.968. The second kappa shape index (κ2) is 1.74. The van der Waals surface area contributed by atoms with Gasteiger partial charge in [0.05, 0.1) is 13.2 Å². The van der Waals surface area contributed by atoms with E-state index in [1.807, 2.05) is 0 Å². The number of fused-ring (bicyclic) bond motifs is 1. The second-order valence-corrected chi connectivity index (χ2v) is 3.80. The van der Waals surface area contributed by atoms with Crippen LogP contribution < -0.4 is 0 Å². The molecule has 0 amide bonds. The van der Waals surface area contributed by atoms with E-state index < -0.39 is 0 Å². The van der Waals surface area contributed by atoms with Crippen molar-refractivity contribution in [2.75, 3.05) is 13.2 Å². The van der Waals surface area contributed by atoms with Gasteiger partial charge in [-0.2, -0.15) is 0 Å². The fourth-order valence-corrected chi connectivity index (χ4v) is 2.68. The number of hydrogen-bond donors (Lipinski definition) is 0. The molecule has 3 rings (SSSR count). The molecule has 3 fully saturated rings. The number of hydrogen-bond acceptors (Lipinski definition) is 2. The fourth-order valence-electron chi connectivity index (χ4n) is 2.68. The van der Waals surface area contributed by atoms with Gasteiger partial charge in [0.2, 0.25) is 0 Å². The van der Waals surface area contributed by atoms with Gasteiger partial charge in [-0.3, -0.25) is 0 Å². The van der Waals surface area contributed by atoms with Gasteiger partial charge in [-0.05, 0) is 24.7 Å². The van der Waals surface area contributed by atoms with Gasteiger partial charge in [-0.25, -0.2) is 0 Å². The van der Waals surface area contributed by atoms with Crippen LogP contribution in [0, 0.1) is 17.8 Å². The quantitative estimate of drug-likeness (QED) is 0.500. The van der Waals surface area contributed by atoms with E-state index in [1.165, 1.54) is 12.8 Å². The molecule has 1 saturated carbocycles. The van der Waals surface area contributed by atoms with Crippen LogP contribution in [0.1, 0.15) is 12.8 Å². The first-order chi connectivity index (χ1) is 4.93. The third kappa shape index (κ3) is 0.565. The Morgan fingerprint density at radius 2 is 1.90 bits per heavy atom. The predicted octanol–water partition coefficient (Wildman–Crippen LogP) is 1.02. The Morgan fingerprint density at radius 1 is 1.00 bits per heavy atom. The molecule has 0 aromatic carbocycles. The van der Waals surface area contributed by atoms with Crippen molar-refractivity contribution in [1.29, 1.82) is 0 Å². The molecule has 2 heterocycles. The third-order valence-electron chi connectivity index (χ3n) is 3.17. The van der Waals surface area contributed by atoms with E-state index >= 15 is 0 Å². The molecular weight excluding hydrogens is 128 g/mol. The molecule has 2 aliphatic heterocycles. The summed E-state index contributed by atoms with van der Waals surface area (Å²) in [6.07, 6.45) is 2.92. The lowest BCUT2D eigenvalue weighted by atomic mass is 9.99. The highest BCUT2D eigenvalue weighted by Crippen LogP contribution is 2.47. The van der Waals surface area contributed by atoms with Gasteiger partial charge in [-0.15, -0.1) is 0 Å². The fraction of sp³-hybridized carbons (Fsp3) is 1.00. The summed E-state index contributed by atoms with van der Waals surface area (Å²) in [5.74, 6) is 2.48. The van der Waals surface area contributed by atoms with E-state index in [9.17, 15) is 0 Å². The van der Waals surface area contributed by atoms with Crippen LogP contribution >= 0.6 is 0 Å². The lowest BCUT2D eigenvalue weighted by molar-refractivity contribution is -0.161. The molecule has 0 N–H and O–H groups in total. The monoisotopic (exact) mass is 140 g/mol. The molecule has 0 spiro atoms. The molecule has 56 valence electrons. The van der Waals surface area contributed by atoms with Crippen molar-refractivity contribution >= 4 is 0 Å². The normalized spacial score (nSPS) is 57.6. The van der Waals surface area contributed by atoms with Crippen molar-refractivity contribution in [3.8, 4) is 0 Å². The summed E-state index contributed by atoms with van der Waals surface area (Å²) in [4.78, 5) is 0. The van der Waals surface area contributed by atoms with Gasteiger partial charge in [-0.1, -0.05) is 0 Å². The minimum absolute atomic E-state index is 0.184. The number of rotatable bonds is 0. The van der Waals surface area contributed by atoms with E-state index in [-0.39, 0.29) is 6.29 Å². The van der Waals surface area contributed by atoms with E-state index in [0.29, 0.717) is 0 Å². The molecule has 10 heavy (non-hydrogen) atoms. The van der Waals surface area contributed by atoms with Gasteiger partial charge in [0, 0.05) is 5.92 Å². The topological polar surface area (TPSA) is 18.5 Å². The molecule has 0 radical (unpaired) electrons. The average Bonchev–Trinajstić information content (AvgIpc) is 2.38. The van der Waals surface area contributed by atoms with Gasteiger partial charge in [0.15, 0.2) is 6.29 Å². The van der Waals surface area contributed by atoms with Crippen LogP contribution in [0.4, 0.5) is 0 Å². The van der Waals surface area contributed by atoms with Crippen molar-refractivity contribution < 1.29 is 9.47 Å². The first-order valence-corrected chi connectivity index (χ1v) is 4.16. The first kappa shape index (κ1) is 5.56. The van der Waals surface area contributed by atoms with Crippen LogP contribution in [0.3, 0.4) is 0 Å². The third-order valence-corrected chi connectivity index (χ3v) is 3.17. The summed E-state index contributed by atoms with van der Waals surface area (Å²) >= 11 is 0. The lowest BCUT2D eigenvalue weighted by Gasteiger charge is -2.24. The van der Waals surface area contributed by atoms with E-state index in [4.69, 9.17) is 9.47 Å². The summed E-state index contributed by atoms with van der Waals surface area (Å²) < 4.78 is 11.0. The van der Waals surface area contributed by atoms with Crippen molar-refractivity contribution in [2.24, 2.45) is 17.8 Å². The summed E-state index contributed by atoms with van der Waals surface area (Å²) in [5, 5.41) is 0. The first-order valence-electron chi connectivity index (χ1n) is 4.16. The molecule has 2 bridgehead atoms. The zero-order chi connectivity index (χ0) is 6.55. The Labute approximate surface area is 60.5 Å². The largest absolute Gasteiger partial charge is 0.352 e. The Hall–Kier alpha value is -0.0800. The molecule has 0 aromatic rings. The van der Waals surface area contributed by atoms with Crippen LogP contribution in [0.2, 0.25) is 0 Å². The van der Waals surface area contributed by atoms with Gasteiger partial charge < -0.3 is 9.47 Å². The van der Waals surface area contributed by atoms with Crippen molar-refractivity contribution in [1.82, 2.24) is 0 Å². The van der Waals surface area contributed by atoms with Gasteiger partial charge in [0.1, 0.15) is 0 Å². The van der Waals surface area contributed by atoms with Crippen LogP contribution in [0.5, 0.6) is 0 Å². The average molecular weight is 140 g/mol. The molecule has 0 aromatic heterocycles. The minimum atomic E-state index is 0.184. The molecule has 4 atom stereocenters. The second-order valence-electron chi connectivity index (χ2n) is 3.80. The smallest absolute Gasteiger partial charge is 0.160 e. The molecule has 2 nitrogen and oxygen atoms in total. The summed E-state index contributed by atoms with van der Waals surface area (Å²) in [6, 6.07) is 0. The zero-order valence-electron chi connectivity index (χ0n) is 5.95. The van der Waals surface area contributed by atoms with Crippen LogP contribution in [0.15, 0.2) is 0 Å². The summed E-state index contributed by atoms with van der Waals surface area (Å²) in [6.45, 7) is 1.92. The molecule has 2 saturated heterocycles. The SMILES string of the molecule is C1OC2OCC3CC1CC32. The van der Waals surface area contributed by atoms with Gasteiger partial charge >= 0.3 is 0 Å². The summed E-state index contributed by atoms with van der Waals surface area (Å²) in [5.41, 5.74) is 0. The van der Waals surface area contributed by atoms with Crippen LogP contribution in [-0.2, 0) is 9.47 Å². The van der Waals surface area contributed by atoms with E-state index in [1.54, 1.807) is 0 Å². The Bertz CT molecular complexity index is 149. The maximum absolute atomic E-state index is 5.53. The molecule has 1 aliphatic carbocycles. The standard InChI is InChI=1S/C8H12O2/c1-5-2-7-6(1)4-10-8(7)9-3-5/h5-8H,1-4H2. The highest BCUT2D eigenvalue weighted by atomic mass is 16.7. The lowest BCUT2D eigenvalue weighted by Crippen LogP contribution is -2.27. The number of ether oxygens (including phenoxy) is 2. The highest BCUT2D eigenvalue weighted by Gasteiger charge is 2.48. The van der Waals surface area contributed by atoms with Gasteiger partial charge in [0.25, 0.3) is 0 Å². The molecular formula is C8H12O2. The Balaban J connectivity index is 1.94. The molecule has 3 aliphatic rings. The van der Waals surface area contributed by atoms with Crippen LogP contribution in [0.25, 0.3) is 0 Å². The predicted molar refractivity (Wildman–Crippen MR) is 35.4 cm³/mol. The van der Waals surface area contributed by atoms with Crippen LogP contribution in [-0.4, -0.2) is 19.5 Å². The van der Waals surface area contributed by atoms with Crippen molar-refractivity contribution in [2.45, 2.75) is 19.1 Å². The van der Waals surface area contributed by atoms with Crippen molar-refractivity contribution in [3.05, 3.63) is 0 Å². The zero-order valence-corrected chi connectivity index (χ0v) is 5.95. The summed E-state index contributed by atoms with van der Waals surface area (Å²) in [7, 11) is 0. The molecule has 4 unspecified atom stereocenters. The van der Waals surface area contributed by atoms with Crippen molar-refractivity contribution in [3.63, 3.8) is 0 Å². The molecule has 2 heteroatoms. The highest BCUT2D eigenvalue weighted by molar-refractivity contribution is 4.92. The minimum Gasteiger partial charge on any atom is -0.352 e.